The monoisotopic (exact) mass is 418 g/mol. The molecule has 1 amide bonds. The molecule has 0 atom stereocenters. The number of para-hydroxylation sites is 1. The normalized spacial score (nSPS) is 10.6. The summed E-state index contributed by atoms with van der Waals surface area (Å²) in [5, 5.41) is 11.8. The Bertz CT molecular complexity index is 1150. The van der Waals surface area contributed by atoms with Crippen molar-refractivity contribution in [3.05, 3.63) is 95.1 Å². The van der Waals surface area contributed by atoms with Gasteiger partial charge >= 0.3 is 0 Å². The number of amides is 1. The number of nitrogens with zero attached hydrogens (tertiary/aromatic N) is 3. The van der Waals surface area contributed by atoms with Crippen LogP contribution in [-0.4, -0.2) is 28.0 Å². The Kier molecular flexibility index (Phi) is 5.77. The highest BCUT2D eigenvalue weighted by Gasteiger charge is 2.11. The van der Waals surface area contributed by atoms with E-state index in [0.29, 0.717) is 17.1 Å². The molecule has 0 spiro atoms. The van der Waals surface area contributed by atoms with Crippen molar-refractivity contribution in [1.82, 2.24) is 20.3 Å². The minimum absolute atomic E-state index is 0.163. The Labute approximate surface area is 179 Å². The maximum Gasteiger partial charge on any atom is 0.251 e. The lowest BCUT2D eigenvalue weighted by Crippen LogP contribution is -2.23. The molecule has 1 N–H and O–H groups in total. The molecule has 0 fully saturated rings. The number of hydrogen-bond donors (Lipinski definition) is 1. The highest BCUT2D eigenvalue weighted by molar-refractivity contribution is 6.30. The van der Waals surface area contributed by atoms with Gasteiger partial charge in [0.1, 0.15) is 5.75 Å². The van der Waals surface area contributed by atoms with Crippen LogP contribution in [0, 0.1) is 0 Å². The lowest BCUT2D eigenvalue weighted by molar-refractivity contribution is 0.0950. The molecule has 0 unspecified atom stereocenters. The van der Waals surface area contributed by atoms with Crippen molar-refractivity contribution in [2.75, 3.05) is 7.11 Å². The van der Waals surface area contributed by atoms with Gasteiger partial charge in [-0.2, -0.15) is 0 Å². The summed E-state index contributed by atoms with van der Waals surface area (Å²) in [5.41, 5.74) is 4.06. The second-order valence-electron chi connectivity index (χ2n) is 6.58. The van der Waals surface area contributed by atoms with Crippen LogP contribution < -0.4 is 10.1 Å². The van der Waals surface area contributed by atoms with E-state index >= 15 is 0 Å². The standard InChI is InChI=1S/C23H19ClN4O2/c1-30-22-5-3-2-4-18(22)14-25-23(29)17-8-12-20(13-9-17)28-21(15-26-27-28)16-6-10-19(24)11-7-16/h2-13,15H,14H2,1H3,(H,25,29). The van der Waals surface area contributed by atoms with E-state index in [1.165, 1.54) is 0 Å². The Morgan fingerprint density at radius 1 is 1.03 bits per heavy atom. The Morgan fingerprint density at radius 3 is 2.50 bits per heavy atom. The zero-order chi connectivity index (χ0) is 20.9. The van der Waals surface area contributed by atoms with Crippen molar-refractivity contribution in [1.29, 1.82) is 0 Å². The summed E-state index contributed by atoms with van der Waals surface area (Å²) < 4.78 is 7.04. The Balaban J connectivity index is 1.49. The molecule has 4 rings (SSSR count). The third-order valence-electron chi connectivity index (χ3n) is 4.70. The van der Waals surface area contributed by atoms with Crippen LogP contribution in [0.2, 0.25) is 5.02 Å². The molecule has 6 nitrogen and oxygen atoms in total. The smallest absolute Gasteiger partial charge is 0.251 e. The topological polar surface area (TPSA) is 69.0 Å². The van der Waals surface area contributed by atoms with E-state index in [1.807, 2.05) is 60.7 Å². The lowest BCUT2D eigenvalue weighted by Gasteiger charge is -2.10. The van der Waals surface area contributed by atoms with Gasteiger partial charge < -0.3 is 10.1 Å². The number of carbonyl (C=O) groups excluding carboxylic acids is 1. The van der Waals surface area contributed by atoms with Gasteiger partial charge in [-0.3, -0.25) is 4.79 Å². The maximum absolute atomic E-state index is 12.5. The third-order valence-corrected chi connectivity index (χ3v) is 4.95. The molecule has 3 aromatic carbocycles. The van der Waals surface area contributed by atoms with Crippen LogP contribution in [0.5, 0.6) is 5.75 Å². The number of nitrogens with one attached hydrogen (secondary N) is 1. The zero-order valence-corrected chi connectivity index (χ0v) is 17.0. The van der Waals surface area contributed by atoms with E-state index in [0.717, 1.165) is 28.3 Å². The van der Waals surface area contributed by atoms with Crippen LogP contribution in [-0.2, 0) is 6.54 Å². The minimum Gasteiger partial charge on any atom is -0.496 e. The summed E-state index contributed by atoms with van der Waals surface area (Å²) in [4.78, 5) is 12.5. The summed E-state index contributed by atoms with van der Waals surface area (Å²) in [7, 11) is 1.61. The highest BCUT2D eigenvalue weighted by atomic mass is 35.5. The number of ether oxygens (including phenoxy) is 1. The summed E-state index contributed by atoms with van der Waals surface area (Å²) in [6, 6.07) is 22.3. The number of benzene rings is 3. The highest BCUT2D eigenvalue weighted by Crippen LogP contribution is 2.23. The second-order valence-corrected chi connectivity index (χ2v) is 7.02. The molecule has 0 aliphatic carbocycles. The molecule has 7 heteroatoms. The molecular formula is C23H19ClN4O2. The Morgan fingerprint density at radius 2 is 1.77 bits per heavy atom. The van der Waals surface area contributed by atoms with Crippen LogP contribution >= 0.6 is 11.6 Å². The van der Waals surface area contributed by atoms with Crippen molar-refractivity contribution in [3.8, 4) is 22.7 Å². The van der Waals surface area contributed by atoms with E-state index in [1.54, 1.807) is 30.1 Å². The first-order valence-electron chi connectivity index (χ1n) is 9.33. The molecule has 1 heterocycles. The number of hydrogen-bond acceptors (Lipinski definition) is 4. The number of carbonyl (C=O) groups is 1. The lowest BCUT2D eigenvalue weighted by atomic mass is 10.1. The average Bonchev–Trinajstić information content (AvgIpc) is 3.28. The van der Waals surface area contributed by atoms with Gasteiger partial charge in [0, 0.05) is 28.3 Å². The van der Waals surface area contributed by atoms with Gasteiger partial charge in [0.15, 0.2) is 0 Å². The van der Waals surface area contributed by atoms with Gasteiger partial charge in [0.25, 0.3) is 5.91 Å². The Hall–Kier alpha value is -3.64. The van der Waals surface area contributed by atoms with Crippen molar-refractivity contribution in [2.24, 2.45) is 0 Å². The fourth-order valence-corrected chi connectivity index (χ4v) is 3.25. The quantitative estimate of drug-likeness (QED) is 0.499. The van der Waals surface area contributed by atoms with Gasteiger partial charge in [0.2, 0.25) is 0 Å². The fourth-order valence-electron chi connectivity index (χ4n) is 3.12. The second kappa shape index (κ2) is 8.80. The first kappa shape index (κ1) is 19.7. The fraction of sp³-hybridized carbons (Fsp3) is 0.0870. The van der Waals surface area contributed by atoms with Crippen LogP contribution in [0.4, 0.5) is 0 Å². The summed E-state index contributed by atoms with van der Waals surface area (Å²) in [6.07, 6.45) is 1.69. The van der Waals surface area contributed by atoms with E-state index in [-0.39, 0.29) is 5.91 Å². The zero-order valence-electron chi connectivity index (χ0n) is 16.2. The largest absolute Gasteiger partial charge is 0.496 e. The minimum atomic E-state index is -0.163. The van der Waals surface area contributed by atoms with Crippen molar-refractivity contribution in [2.45, 2.75) is 6.54 Å². The summed E-state index contributed by atoms with van der Waals surface area (Å²) >= 11 is 5.98. The van der Waals surface area contributed by atoms with E-state index < -0.39 is 0 Å². The molecule has 0 aliphatic rings. The SMILES string of the molecule is COc1ccccc1CNC(=O)c1ccc(-n2nncc2-c2ccc(Cl)cc2)cc1. The van der Waals surface area contributed by atoms with Crippen LogP contribution in [0.25, 0.3) is 16.9 Å². The molecular weight excluding hydrogens is 400 g/mol. The number of halogens is 1. The van der Waals surface area contributed by atoms with Crippen molar-refractivity contribution < 1.29 is 9.53 Å². The predicted molar refractivity (Wildman–Crippen MR) is 116 cm³/mol. The molecule has 0 bridgehead atoms. The van der Waals surface area contributed by atoms with Gasteiger partial charge in [0.05, 0.1) is 24.7 Å². The van der Waals surface area contributed by atoms with Crippen LogP contribution in [0.3, 0.4) is 0 Å². The maximum atomic E-state index is 12.5. The first-order valence-corrected chi connectivity index (χ1v) is 9.70. The number of methoxy groups -OCH3 is 1. The van der Waals surface area contributed by atoms with Gasteiger partial charge in [-0.25, -0.2) is 4.68 Å². The third kappa shape index (κ3) is 4.18. The number of aromatic nitrogens is 3. The molecule has 4 aromatic rings. The van der Waals surface area contributed by atoms with Crippen LogP contribution in [0.1, 0.15) is 15.9 Å². The molecule has 30 heavy (non-hydrogen) atoms. The van der Waals surface area contributed by atoms with Gasteiger partial charge in [-0.05, 0) is 42.5 Å². The molecule has 150 valence electrons. The van der Waals surface area contributed by atoms with Gasteiger partial charge in [-0.1, -0.05) is 47.1 Å². The predicted octanol–water partition coefficient (Wildman–Crippen LogP) is 4.53. The first-order chi connectivity index (χ1) is 14.7. The molecule has 0 aliphatic heterocycles. The summed E-state index contributed by atoms with van der Waals surface area (Å²) in [5.74, 6) is 0.582. The molecule has 1 aromatic heterocycles. The average molecular weight is 419 g/mol. The van der Waals surface area contributed by atoms with E-state index in [2.05, 4.69) is 15.6 Å². The molecule has 0 saturated carbocycles. The van der Waals surface area contributed by atoms with Crippen molar-refractivity contribution in [3.63, 3.8) is 0 Å². The van der Waals surface area contributed by atoms with Crippen LogP contribution in [0.15, 0.2) is 79.0 Å². The van der Waals surface area contributed by atoms with E-state index in [9.17, 15) is 4.79 Å². The number of rotatable bonds is 6. The molecule has 0 saturated heterocycles. The molecule has 0 radical (unpaired) electrons. The summed E-state index contributed by atoms with van der Waals surface area (Å²) in [6.45, 7) is 0.383. The van der Waals surface area contributed by atoms with Gasteiger partial charge in [-0.15, -0.1) is 5.10 Å². The van der Waals surface area contributed by atoms with Crippen molar-refractivity contribution >= 4 is 17.5 Å². The van der Waals surface area contributed by atoms with E-state index in [4.69, 9.17) is 16.3 Å².